The second-order valence-electron chi connectivity index (χ2n) is 3.39. The van der Waals surface area contributed by atoms with E-state index in [9.17, 15) is 22.8 Å². The van der Waals surface area contributed by atoms with Crippen molar-refractivity contribution in [3.8, 4) is 0 Å². The predicted molar refractivity (Wildman–Crippen MR) is 64.0 cm³/mol. The van der Waals surface area contributed by atoms with Crippen molar-refractivity contribution in [3.63, 3.8) is 0 Å². The van der Waals surface area contributed by atoms with Gasteiger partial charge in [0.2, 0.25) is 5.91 Å². The first-order valence-electron chi connectivity index (χ1n) is 5.11. The summed E-state index contributed by atoms with van der Waals surface area (Å²) in [6, 6.07) is -1.29. The second kappa shape index (κ2) is 8.81. The number of carbonyl (C=O) groups excluding carboxylic acids is 1. The fraction of sp³-hybridized carbons (Fsp3) is 0.600. The number of nitrogens with one attached hydrogen (secondary N) is 1. The minimum absolute atomic E-state index is 0.114. The van der Waals surface area contributed by atoms with E-state index < -0.39 is 35.6 Å². The molecule has 5 nitrogen and oxygen atoms in total. The second-order valence-corrected chi connectivity index (χ2v) is 4.38. The SMILES string of the molecule is C=CCOCC(NC(=O)CSCC(F)(F)F)C(=O)O. The van der Waals surface area contributed by atoms with Crippen molar-refractivity contribution in [1.82, 2.24) is 5.32 Å². The Labute approximate surface area is 112 Å². The van der Waals surface area contributed by atoms with E-state index in [1.807, 2.05) is 0 Å². The predicted octanol–water partition coefficient (Wildman–Crippen LogP) is 1.05. The summed E-state index contributed by atoms with van der Waals surface area (Å²) in [6.45, 7) is 3.19. The van der Waals surface area contributed by atoms with Crippen molar-refractivity contribution >= 4 is 23.6 Å². The summed E-state index contributed by atoms with van der Waals surface area (Å²) >= 11 is 0.363. The number of halogens is 3. The van der Waals surface area contributed by atoms with Gasteiger partial charge >= 0.3 is 12.1 Å². The van der Waals surface area contributed by atoms with Crippen LogP contribution in [-0.2, 0) is 14.3 Å². The molecule has 2 N–H and O–H groups in total. The van der Waals surface area contributed by atoms with E-state index >= 15 is 0 Å². The number of carbonyl (C=O) groups is 2. The van der Waals surface area contributed by atoms with Crippen molar-refractivity contribution in [2.24, 2.45) is 0 Å². The number of ether oxygens (including phenoxy) is 1. The number of carboxylic acid groups (broad SMARTS) is 1. The van der Waals surface area contributed by atoms with Crippen LogP contribution in [0, 0.1) is 0 Å². The first kappa shape index (κ1) is 17.8. The summed E-state index contributed by atoms with van der Waals surface area (Å²) in [6.07, 6.45) is -2.95. The van der Waals surface area contributed by atoms with Crippen LogP contribution in [0.3, 0.4) is 0 Å². The van der Waals surface area contributed by atoms with Crippen LogP contribution in [-0.4, -0.2) is 53.9 Å². The first-order chi connectivity index (χ1) is 8.76. The Morgan fingerprint density at radius 1 is 1.47 bits per heavy atom. The van der Waals surface area contributed by atoms with Gasteiger partial charge in [-0.1, -0.05) is 6.08 Å². The standard InChI is InChI=1S/C10H14F3NO4S/c1-2-3-18-4-7(9(16)17)14-8(15)5-19-6-10(11,12)13/h2,7H,1,3-6H2,(H,14,15)(H,16,17). The van der Waals surface area contributed by atoms with Crippen LogP contribution in [0.2, 0.25) is 0 Å². The van der Waals surface area contributed by atoms with Crippen LogP contribution in [0.5, 0.6) is 0 Å². The normalized spacial score (nSPS) is 12.8. The molecule has 0 heterocycles. The Balaban J connectivity index is 4.03. The number of rotatable bonds is 9. The van der Waals surface area contributed by atoms with Crippen LogP contribution in [0.4, 0.5) is 13.2 Å². The molecule has 0 aliphatic rings. The number of hydrogen-bond donors (Lipinski definition) is 2. The highest BCUT2D eigenvalue weighted by Crippen LogP contribution is 2.20. The van der Waals surface area contributed by atoms with Gasteiger partial charge in [0.05, 0.1) is 24.7 Å². The van der Waals surface area contributed by atoms with Gasteiger partial charge in [0.15, 0.2) is 6.04 Å². The van der Waals surface area contributed by atoms with Crippen molar-refractivity contribution in [3.05, 3.63) is 12.7 Å². The summed E-state index contributed by atoms with van der Waals surface area (Å²) in [5.74, 6) is -3.74. The number of thioether (sulfide) groups is 1. The molecule has 0 saturated heterocycles. The molecule has 9 heteroatoms. The highest BCUT2D eigenvalue weighted by Gasteiger charge is 2.27. The number of alkyl halides is 3. The lowest BCUT2D eigenvalue weighted by Gasteiger charge is -2.14. The molecule has 1 atom stereocenters. The fourth-order valence-electron chi connectivity index (χ4n) is 0.939. The molecule has 19 heavy (non-hydrogen) atoms. The molecule has 0 aromatic rings. The fourth-order valence-corrected chi connectivity index (χ4v) is 1.54. The Hall–Kier alpha value is -1.22. The van der Waals surface area contributed by atoms with E-state index in [0.717, 1.165) is 0 Å². The van der Waals surface area contributed by atoms with E-state index in [1.54, 1.807) is 0 Å². The van der Waals surface area contributed by atoms with E-state index in [1.165, 1.54) is 6.08 Å². The van der Waals surface area contributed by atoms with Gasteiger partial charge in [-0.25, -0.2) is 4.79 Å². The summed E-state index contributed by atoms with van der Waals surface area (Å²) in [5, 5.41) is 10.8. The Kier molecular flexibility index (Phi) is 8.24. The first-order valence-corrected chi connectivity index (χ1v) is 6.27. The van der Waals surface area contributed by atoms with Crippen molar-refractivity contribution in [2.75, 3.05) is 24.7 Å². The van der Waals surface area contributed by atoms with Gasteiger partial charge in [0.25, 0.3) is 0 Å². The molecule has 0 spiro atoms. The molecule has 0 aromatic carbocycles. The highest BCUT2D eigenvalue weighted by molar-refractivity contribution is 8.00. The Morgan fingerprint density at radius 3 is 2.58 bits per heavy atom. The minimum atomic E-state index is -4.36. The third-order valence-electron chi connectivity index (χ3n) is 1.65. The Morgan fingerprint density at radius 2 is 2.11 bits per heavy atom. The molecular weight excluding hydrogens is 287 g/mol. The molecular formula is C10H14F3NO4S. The molecule has 110 valence electrons. The maximum Gasteiger partial charge on any atom is 0.397 e. The topological polar surface area (TPSA) is 75.6 Å². The van der Waals surface area contributed by atoms with Crippen molar-refractivity contribution < 1.29 is 32.6 Å². The zero-order valence-electron chi connectivity index (χ0n) is 9.90. The van der Waals surface area contributed by atoms with Crippen LogP contribution in [0.15, 0.2) is 12.7 Å². The molecule has 1 unspecified atom stereocenters. The van der Waals surface area contributed by atoms with Crippen molar-refractivity contribution in [2.45, 2.75) is 12.2 Å². The van der Waals surface area contributed by atoms with Gasteiger partial charge < -0.3 is 15.2 Å². The van der Waals surface area contributed by atoms with Gasteiger partial charge in [0.1, 0.15) is 0 Å². The zero-order chi connectivity index (χ0) is 14.9. The summed E-state index contributed by atoms with van der Waals surface area (Å²) in [5.41, 5.74) is 0. The van der Waals surface area contributed by atoms with Crippen LogP contribution in [0.1, 0.15) is 0 Å². The molecule has 0 aliphatic heterocycles. The van der Waals surface area contributed by atoms with E-state index in [4.69, 9.17) is 9.84 Å². The third-order valence-corrected chi connectivity index (χ3v) is 2.65. The van der Waals surface area contributed by atoms with Crippen LogP contribution < -0.4 is 5.32 Å². The monoisotopic (exact) mass is 301 g/mol. The minimum Gasteiger partial charge on any atom is -0.480 e. The molecule has 0 aliphatic carbocycles. The molecule has 0 saturated carbocycles. The highest BCUT2D eigenvalue weighted by atomic mass is 32.2. The number of aliphatic carboxylic acids is 1. The van der Waals surface area contributed by atoms with Crippen molar-refractivity contribution in [1.29, 1.82) is 0 Å². The lowest BCUT2D eigenvalue weighted by atomic mass is 10.3. The van der Waals surface area contributed by atoms with Gasteiger partial charge in [-0.3, -0.25) is 4.79 Å². The number of amides is 1. The van der Waals surface area contributed by atoms with Crippen LogP contribution >= 0.6 is 11.8 Å². The molecule has 0 fully saturated rings. The summed E-state index contributed by atoms with van der Waals surface area (Å²) in [4.78, 5) is 22.0. The van der Waals surface area contributed by atoms with Crippen LogP contribution in [0.25, 0.3) is 0 Å². The number of hydrogen-bond acceptors (Lipinski definition) is 4. The lowest BCUT2D eigenvalue weighted by molar-refractivity contribution is -0.143. The molecule has 0 bridgehead atoms. The summed E-state index contributed by atoms with van der Waals surface area (Å²) in [7, 11) is 0. The van der Waals surface area contributed by atoms with Gasteiger partial charge in [-0.05, 0) is 0 Å². The van der Waals surface area contributed by atoms with E-state index in [0.29, 0.717) is 11.8 Å². The zero-order valence-corrected chi connectivity index (χ0v) is 10.7. The Bertz CT molecular complexity index is 322. The number of carboxylic acids is 1. The quantitative estimate of drug-likeness (QED) is 0.492. The van der Waals surface area contributed by atoms with Gasteiger partial charge in [-0.15, -0.1) is 18.3 Å². The molecule has 0 aromatic heterocycles. The van der Waals surface area contributed by atoms with E-state index in [-0.39, 0.29) is 13.2 Å². The van der Waals surface area contributed by atoms with Gasteiger partial charge in [0, 0.05) is 0 Å². The summed E-state index contributed by atoms with van der Waals surface area (Å²) < 4.78 is 40.3. The molecule has 0 radical (unpaired) electrons. The maximum absolute atomic E-state index is 11.8. The largest absolute Gasteiger partial charge is 0.480 e. The lowest BCUT2D eigenvalue weighted by Crippen LogP contribution is -2.44. The van der Waals surface area contributed by atoms with Gasteiger partial charge in [-0.2, -0.15) is 13.2 Å². The maximum atomic E-state index is 11.8. The molecule has 0 rings (SSSR count). The average molecular weight is 301 g/mol. The smallest absolute Gasteiger partial charge is 0.397 e. The third kappa shape index (κ3) is 10.4. The average Bonchev–Trinajstić information content (AvgIpc) is 2.26. The van der Waals surface area contributed by atoms with E-state index in [2.05, 4.69) is 11.9 Å². The molecule has 1 amide bonds.